The van der Waals surface area contributed by atoms with Crippen LogP contribution >= 0.6 is 0 Å². The number of carbonyl (C=O) groups excluding carboxylic acids is 1. The Bertz CT molecular complexity index is 450. The highest BCUT2D eigenvalue weighted by atomic mass is 16.6. The third kappa shape index (κ3) is 3.64. The number of piperazine rings is 1. The Morgan fingerprint density at radius 1 is 1.37 bits per heavy atom. The molecule has 0 bridgehead atoms. The van der Waals surface area contributed by atoms with Gasteiger partial charge in [-0.15, -0.1) is 0 Å². The van der Waals surface area contributed by atoms with E-state index in [9.17, 15) is 4.79 Å². The van der Waals surface area contributed by atoms with Gasteiger partial charge in [0.1, 0.15) is 23.3 Å². The SMILES string of the molecule is CC(C)(C)OC(=O)c1cncnc1N1CCNCC1. The lowest BCUT2D eigenvalue weighted by molar-refractivity contribution is 0.00694. The van der Waals surface area contributed by atoms with Crippen molar-refractivity contribution in [2.75, 3.05) is 31.1 Å². The molecule has 6 heteroatoms. The number of rotatable bonds is 2. The van der Waals surface area contributed by atoms with Crippen LogP contribution in [0.4, 0.5) is 5.82 Å². The van der Waals surface area contributed by atoms with Gasteiger partial charge in [-0.25, -0.2) is 14.8 Å². The summed E-state index contributed by atoms with van der Waals surface area (Å²) < 4.78 is 5.39. The fourth-order valence-corrected chi connectivity index (χ4v) is 1.93. The highest BCUT2D eigenvalue weighted by molar-refractivity contribution is 5.94. The van der Waals surface area contributed by atoms with Crippen molar-refractivity contribution < 1.29 is 9.53 Å². The number of ether oxygens (including phenoxy) is 1. The maximum absolute atomic E-state index is 12.2. The van der Waals surface area contributed by atoms with Crippen LogP contribution in [0.25, 0.3) is 0 Å². The van der Waals surface area contributed by atoms with Crippen molar-refractivity contribution >= 4 is 11.8 Å². The summed E-state index contributed by atoms with van der Waals surface area (Å²) in [5.74, 6) is 0.285. The second kappa shape index (κ2) is 5.52. The van der Waals surface area contributed by atoms with E-state index in [1.165, 1.54) is 12.5 Å². The molecule has 2 heterocycles. The van der Waals surface area contributed by atoms with Gasteiger partial charge in [0.15, 0.2) is 0 Å². The van der Waals surface area contributed by atoms with E-state index >= 15 is 0 Å². The minimum atomic E-state index is -0.520. The molecule has 0 amide bonds. The van der Waals surface area contributed by atoms with Gasteiger partial charge in [-0.05, 0) is 20.8 Å². The molecule has 0 radical (unpaired) electrons. The predicted molar refractivity (Wildman–Crippen MR) is 72.3 cm³/mol. The molecule has 1 saturated heterocycles. The molecule has 1 fully saturated rings. The van der Waals surface area contributed by atoms with E-state index in [4.69, 9.17) is 4.74 Å². The average molecular weight is 264 g/mol. The summed E-state index contributed by atoms with van der Waals surface area (Å²) >= 11 is 0. The molecule has 0 aromatic carbocycles. The number of carbonyl (C=O) groups is 1. The normalized spacial score (nSPS) is 16.3. The Hall–Kier alpha value is -1.69. The van der Waals surface area contributed by atoms with Gasteiger partial charge in [-0.2, -0.15) is 0 Å². The molecule has 1 aliphatic heterocycles. The van der Waals surface area contributed by atoms with Crippen molar-refractivity contribution in [1.29, 1.82) is 0 Å². The highest BCUT2D eigenvalue weighted by Gasteiger charge is 2.24. The van der Waals surface area contributed by atoms with Crippen LogP contribution in [0, 0.1) is 0 Å². The van der Waals surface area contributed by atoms with Gasteiger partial charge in [-0.1, -0.05) is 0 Å². The van der Waals surface area contributed by atoms with Crippen LogP contribution in [-0.4, -0.2) is 47.7 Å². The number of nitrogens with one attached hydrogen (secondary N) is 1. The minimum Gasteiger partial charge on any atom is -0.456 e. The molecule has 6 nitrogen and oxygen atoms in total. The maximum Gasteiger partial charge on any atom is 0.344 e. The van der Waals surface area contributed by atoms with E-state index in [-0.39, 0.29) is 5.97 Å². The van der Waals surface area contributed by atoms with Gasteiger partial charge in [0.05, 0.1) is 0 Å². The summed E-state index contributed by atoms with van der Waals surface area (Å²) in [4.78, 5) is 22.4. The van der Waals surface area contributed by atoms with Crippen LogP contribution in [0.5, 0.6) is 0 Å². The first-order chi connectivity index (χ1) is 8.97. The molecule has 0 unspecified atom stereocenters. The van der Waals surface area contributed by atoms with Crippen LogP contribution in [0.3, 0.4) is 0 Å². The second-order valence-corrected chi connectivity index (χ2v) is 5.50. The molecule has 0 atom stereocenters. The molecule has 104 valence electrons. The lowest BCUT2D eigenvalue weighted by atomic mass is 10.2. The highest BCUT2D eigenvalue weighted by Crippen LogP contribution is 2.20. The van der Waals surface area contributed by atoms with Crippen LogP contribution in [0.2, 0.25) is 0 Å². The zero-order valence-electron chi connectivity index (χ0n) is 11.6. The van der Waals surface area contributed by atoms with E-state index in [0.29, 0.717) is 11.4 Å². The molecular formula is C13H20N4O2. The summed E-state index contributed by atoms with van der Waals surface area (Å²) in [5, 5.41) is 3.27. The molecule has 1 aliphatic rings. The van der Waals surface area contributed by atoms with E-state index in [1.54, 1.807) is 0 Å². The Balaban J connectivity index is 2.22. The number of aromatic nitrogens is 2. The van der Waals surface area contributed by atoms with E-state index in [0.717, 1.165) is 26.2 Å². The Kier molecular flexibility index (Phi) is 3.99. The van der Waals surface area contributed by atoms with Crippen molar-refractivity contribution in [3.63, 3.8) is 0 Å². The Labute approximate surface area is 113 Å². The van der Waals surface area contributed by atoms with E-state index in [1.807, 2.05) is 20.8 Å². The summed E-state index contributed by atoms with van der Waals surface area (Å²) in [6, 6.07) is 0. The standard InChI is InChI=1S/C13H20N4O2/c1-13(2,3)19-12(18)10-8-15-9-16-11(10)17-6-4-14-5-7-17/h8-9,14H,4-7H2,1-3H3. The molecule has 0 aliphatic carbocycles. The number of esters is 1. The van der Waals surface area contributed by atoms with Crippen LogP contribution in [0.1, 0.15) is 31.1 Å². The predicted octanol–water partition coefficient (Wildman–Crippen LogP) is 0.841. The first-order valence-corrected chi connectivity index (χ1v) is 6.46. The van der Waals surface area contributed by atoms with Crippen molar-refractivity contribution in [3.8, 4) is 0 Å². The quantitative estimate of drug-likeness (QED) is 0.798. The van der Waals surface area contributed by atoms with Gasteiger partial charge >= 0.3 is 5.97 Å². The molecule has 19 heavy (non-hydrogen) atoms. The molecule has 1 aromatic heterocycles. The largest absolute Gasteiger partial charge is 0.456 e. The third-order valence-corrected chi connectivity index (χ3v) is 2.73. The van der Waals surface area contributed by atoms with Crippen molar-refractivity contribution in [3.05, 3.63) is 18.1 Å². The van der Waals surface area contributed by atoms with Crippen LogP contribution < -0.4 is 10.2 Å². The zero-order valence-corrected chi connectivity index (χ0v) is 11.6. The van der Waals surface area contributed by atoms with Gasteiger partial charge in [-0.3, -0.25) is 0 Å². The molecule has 0 saturated carbocycles. The lowest BCUT2D eigenvalue weighted by Gasteiger charge is -2.29. The van der Waals surface area contributed by atoms with Gasteiger partial charge in [0.2, 0.25) is 0 Å². The number of nitrogens with zero attached hydrogens (tertiary/aromatic N) is 3. The van der Waals surface area contributed by atoms with Crippen molar-refractivity contribution in [2.24, 2.45) is 0 Å². The first-order valence-electron chi connectivity index (χ1n) is 6.46. The summed E-state index contributed by atoms with van der Waals surface area (Å²) in [6.07, 6.45) is 2.99. The minimum absolute atomic E-state index is 0.373. The van der Waals surface area contributed by atoms with Gasteiger partial charge < -0.3 is 15.0 Å². The Morgan fingerprint density at radius 3 is 2.68 bits per heavy atom. The maximum atomic E-state index is 12.2. The van der Waals surface area contributed by atoms with E-state index < -0.39 is 5.60 Å². The molecule has 0 spiro atoms. The number of hydrogen-bond donors (Lipinski definition) is 1. The fourth-order valence-electron chi connectivity index (χ4n) is 1.93. The summed E-state index contributed by atoms with van der Waals surface area (Å²) in [5.41, 5.74) is -0.0903. The number of anilines is 1. The molecule has 1 aromatic rings. The topological polar surface area (TPSA) is 67.3 Å². The van der Waals surface area contributed by atoms with Gasteiger partial charge in [0.25, 0.3) is 0 Å². The van der Waals surface area contributed by atoms with Gasteiger partial charge in [0, 0.05) is 32.4 Å². The fraction of sp³-hybridized carbons (Fsp3) is 0.615. The smallest absolute Gasteiger partial charge is 0.344 e. The summed E-state index contributed by atoms with van der Waals surface area (Å²) in [7, 11) is 0. The Morgan fingerprint density at radius 2 is 2.05 bits per heavy atom. The third-order valence-electron chi connectivity index (χ3n) is 2.73. The number of hydrogen-bond acceptors (Lipinski definition) is 6. The van der Waals surface area contributed by atoms with E-state index in [2.05, 4.69) is 20.2 Å². The van der Waals surface area contributed by atoms with Crippen molar-refractivity contribution in [1.82, 2.24) is 15.3 Å². The zero-order chi connectivity index (χ0) is 13.9. The second-order valence-electron chi connectivity index (χ2n) is 5.50. The average Bonchev–Trinajstić information content (AvgIpc) is 2.38. The molecular weight excluding hydrogens is 244 g/mol. The van der Waals surface area contributed by atoms with Crippen molar-refractivity contribution in [2.45, 2.75) is 26.4 Å². The summed E-state index contributed by atoms with van der Waals surface area (Å²) in [6.45, 7) is 8.96. The first kappa shape index (κ1) is 13.7. The monoisotopic (exact) mass is 264 g/mol. The van der Waals surface area contributed by atoms with Crippen LogP contribution in [-0.2, 0) is 4.74 Å². The molecule has 2 rings (SSSR count). The molecule has 1 N–H and O–H groups in total. The lowest BCUT2D eigenvalue weighted by Crippen LogP contribution is -2.44. The van der Waals surface area contributed by atoms with Crippen LogP contribution in [0.15, 0.2) is 12.5 Å².